The molecule has 0 fully saturated rings. The summed E-state index contributed by atoms with van der Waals surface area (Å²) in [6.07, 6.45) is 3.10. The second kappa shape index (κ2) is 4.27. The smallest absolute Gasteiger partial charge is 0.180 e. The first-order valence-electron chi connectivity index (χ1n) is 6.83. The van der Waals surface area contributed by atoms with E-state index < -0.39 is 0 Å². The van der Waals surface area contributed by atoms with Gasteiger partial charge in [-0.1, -0.05) is 24.3 Å². The van der Waals surface area contributed by atoms with Gasteiger partial charge in [-0.15, -0.1) is 0 Å². The zero-order valence-corrected chi connectivity index (χ0v) is 11.0. The van der Waals surface area contributed by atoms with Gasteiger partial charge in [0.2, 0.25) is 0 Å². The minimum Gasteiger partial charge on any atom is -0.383 e. The number of para-hydroxylation sites is 1. The lowest BCUT2D eigenvalue weighted by Gasteiger charge is -2.07. The number of nitrogens with zero attached hydrogens (tertiary/aromatic N) is 3. The van der Waals surface area contributed by atoms with Gasteiger partial charge in [0.05, 0.1) is 5.52 Å². The second-order valence-corrected chi connectivity index (χ2v) is 5.10. The average molecular weight is 262 g/mol. The van der Waals surface area contributed by atoms with Crippen LogP contribution in [0.2, 0.25) is 0 Å². The molecule has 20 heavy (non-hydrogen) atoms. The molecule has 0 bridgehead atoms. The average Bonchev–Trinajstić information content (AvgIpc) is 2.96. The van der Waals surface area contributed by atoms with Gasteiger partial charge in [0.25, 0.3) is 0 Å². The lowest BCUT2D eigenvalue weighted by molar-refractivity contribution is 0.900. The third kappa shape index (κ3) is 1.72. The van der Waals surface area contributed by atoms with E-state index >= 15 is 0 Å². The molecule has 2 N–H and O–H groups in total. The van der Waals surface area contributed by atoms with E-state index in [-0.39, 0.29) is 0 Å². The Balaban J connectivity index is 1.88. The number of benzene rings is 1. The van der Waals surface area contributed by atoms with E-state index in [4.69, 9.17) is 5.73 Å². The van der Waals surface area contributed by atoms with E-state index in [0.717, 1.165) is 47.1 Å². The summed E-state index contributed by atoms with van der Waals surface area (Å²) in [5.74, 6) is 1.24. The highest BCUT2D eigenvalue weighted by atomic mass is 15.0. The van der Waals surface area contributed by atoms with E-state index in [1.54, 1.807) is 0 Å². The predicted molar refractivity (Wildman–Crippen MR) is 79.2 cm³/mol. The number of rotatable bonds is 1. The van der Waals surface area contributed by atoms with Gasteiger partial charge in [0.15, 0.2) is 5.82 Å². The van der Waals surface area contributed by atoms with Gasteiger partial charge in [-0.2, -0.15) is 0 Å². The topological polar surface area (TPSA) is 64.7 Å². The number of fused-ring (bicyclic) bond motifs is 2. The Morgan fingerprint density at radius 2 is 1.80 bits per heavy atom. The third-order valence-corrected chi connectivity index (χ3v) is 3.79. The molecule has 0 unspecified atom stereocenters. The maximum Gasteiger partial charge on any atom is 0.180 e. The van der Waals surface area contributed by atoms with Crippen LogP contribution < -0.4 is 5.73 Å². The molecule has 3 aromatic rings. The number of aromatic nitrogens is 3. The summed E-state index contributed by atoms with van der Waals surface area (Å²) < 4.78 is 0. The van der Waals surface area contributed by atoms with Crippen molar-refractivity contribution in [3.8, 4) is 11.5 Å². The normalized spacial score (nSPS) is 13.6. The molecule has 1 aromatic carbocycles. The summed E-state index contributed by atoms with van der Waals surface area (Å²) in [4.78, 5) is 13.7. The first-order chi connectivity index (χ1) is 9.81. The Hall–Kier alpha value is -2.49. The number of nitrogen functional groups attached to an aromatic ring is 1. The first-order valence-corrected chi connectivity index (χ1v) is 6.83. The molecule has 98 valence electrons. The fourth-order valence-electron chi connectivity index (χ4n) is 2.77. The van der Waals surface area contributed by atoms with Crippen molar-refractivity contribution >= 4 is 16.7 Å². The molecule has 2 aromatic heterocycles. The van der Waals surface area contributed by atoms with Crippen molar-refractivity contribution in [3.63, 3.8) is 0 Å². The van der Waals surface area contributed by atoms with Crippen molar-refractivity contribution in [2.75, 3.05) is 5.73 Å². The zero-order chi connectivity index (χ0) is 13.5. The zero-order valence-electron chi connectivity index (χ0n) is 11.0. The van der Waals surface area contributed by atoms with Gasteiger partial charge in [-0.05, 0) is 31.4 Å². The predicted octanol–water partition coefficient (Wildman–Crippen LogP) is 2.76. The molecular formula is C16H14N4. The molecule has 0 amide bonds. The maximum absolute atomic E-state index is 6.04. The van der Waals surface area contributed by atoms with Crippen molar-refractivity contribution in [2.45, 2.75) is 19.3 Å². The van der Waals surface area contributed by atoms with Crippen LogP contribution in [0.15, 0.2) is 36.4 Å². The number of hydrogen-bond acceptors (Lipinski definition) is 4. The number of pyridine rings is 1. The summed E-state index contributed by atoms with van der Waals surface area (Å²) in [7, 11) is 0. The van der Waals surface area contributed by atoms with E-state index in [1.807, 2.05) is 36.4 Å². The highest BCUT2D eigenvalue weighted by Crippen LogP contribution is 2.27. The van der Waals surface area contributed by atoms with Crippen LogP contribution in [0.3, 0.4) is 0 Å². The molecular weight excluding hydrogens is 248 g/mol. The van der Waals surface area contributed by atoms with Crippen LogP contribution in [0, 0.1) is 0 Å². The molecule has 0 saturated heterocycles. The van der Waals surface area contributed by atoms with Crippen molar-refractivity contribution in [1.82, 2.24) is 15.0 Å². The van der Waals surface area contributed by atoms with Crippen LogP contribution in [-0.4, -0.2) is 15.0 Å². The van der Waals surface area contributed by atoms with E-state index in [0.29, 0.717) is 11.6 Å². The molecule has 2 heterocycles. The highest BCUT2D eigenvalue weighted by molar-refractivity contribution is 5.80. The van der Waals surface area contributed by atoms with Gasteiger partial charge in [0, 0.05) is 16.6 Å². The van der Waals surface area contributed by atoms with E-state index in [9.17, 15) is 0 Å². The lowest BCUT2D eigenvalue weighted by atomic mass is 10.2. The number of nitrogens with two attached hydrogens (primary N) is 1. The van der Waals surface area contributed by atoms with Gasteiger partial charge < -0.3 is 5.73 Å². The Morgan fingerprint density at radius 1 is 0.900 bits per heavy atom. The Labute approximate surface area is 116 Å². The van der Waals surface area contributed by atoms with E-state index in [2.05, 4.69) is 15.0 Å². The summed E-state index contributed by atoms with van der Waals surface area (Å²) in [5, 5.41) is 1.12. The molecule has 0 saturated carbocycles. The number of anilines is 1. The minimum atomic E-state index is 0.609. The molecule has 0 radical (unpaired) electrons. The lowest BCUT2D eigenvalue weighted by Crippen LogP contribution is -2.03. The van der Waals surface area contributed by atoms with Gasteiger partial charge >= 0.3 is 0 Å². The molecule has 1 aliphatic carbocycles. The highest BCUT2D eigenvalue weighted by Gasteiger charge is 2.18. The molecule has 1 aliphatic rings. The summed E-state index contributed by atoms with van der Waals surface area (Å²) in [5.41, 5.74) is 9.98. The Bertz CT molecular complexity index is 811. The molecule has 0 atom stereocenters. The molecule has 4 rings (SSSR count). The summed E-state index contributed by atoms with van der Waals surface area (Å²) >= 11 is 0. The van der Waals surface area contributed by atoms with Crippen molar-refractivity contribution in [1.29, 1.82) is 0 Å². The maximum atomic E-state index is 6.04. The first kappa shape index (κ1) is 11.3. The van der Waals surface area contributed by atoms with Gasteiger partial charge in [-0.25, -0.2) is 15.0 Å². The van der Waals surface area contributed by atoms with Gasteiger partial charge in [-0.3, -0.25) is 0 Å². The fourth-order valence-corrected chi connectivity index (χ4v) is 2.77. The largest absolute Gasteiger partial charge is 0.383 e. The van der Waals surface area contributed by atoms with Crippen LogP contribution in [0.5, 0.6) is 0 Å². The molecule has 4 heteroatoms. The third-order valence-electron chi connectivity index (χ3n) is 3.79. The standard InChI is InChI=1S/C16H14N4/c17-15-11-5-3-7-13(11)19-16(20-15)14-9-8-10-4-1-2-6-12(10)18-14/h1-2,4,6,8-9H,3,5,7H2,(H2,17,19,20). The Morgan fingerprint density at radius 3 is 2.75 bits per heavy atom. The summed E-state index contributed by atoms with van der Waals surface area (Å²) in [6, 6.07) is 12.0. The van der Waals surface area contributed by atoms with Crippen LogP contribution in [0.25, 0.3) is 22.4 Å². The van der Waals surface area contributed by atoms with Gasteiger partial charge in [0.1, 0.15) is 11.5 Å². The minimum absolute atomic E-state index is 0.609. The number of hydrogen-bond donors (Lipinski definition) is 1. The number of aryl methyl sites for hydroxylation is 1. The van der Waals surface area contributed by atoms with E-state index in [1.165, 1.54) is 0 Å². The van der Waals surface area contributed by atoms with Crippen LogP contribution in [0.4, 0.5) is 5.82 Å². The molecule has 0 spiro atoms. The molecule has 4 nitrogen and oxygen atoms in total. The summed E-state index contributed by atoms with van der Waals surface area (Å²) in [6.45, 7) is 0. The Kier molecular flexibility index (Phi) is 2.42. The molecule has 0 aliphatic heterocycles. The second-order valence-electron chi connectivity index (χ2n) is 5.10. The quantitative estimate of drug-likeness (QED) is 0.732. The fraction of sp³-hybridized carbons (Fsp3) is 0.188. The van der Waals surface area contributed by atoms with Crippen LogP contribution >= 0.6 is 0 Å². The van der Waals surface area contributed by atoms with Crippen molar-refractivity contribution in [2.24, 2.45) is 0 Å². The SMILES string of the molecule is Nc1nc(-c2ccc3ccccc3n2)nc2c1CCC2. The van der Waals surface area contributed by atoms with Crippen LogP contribution in [0.1, 0.15) is 17.7 Å². The van der Waals surface area contributed by atoms with Crippen LogP contribution in [-0.2, 0) is 12.8 Å². The monoisotopic (exact) mass is 262 g/mol. The van der Waals surface area contributed by atoms with Crippen molar-refractivity contribution in [3.05, 3.63) is 47.7 Å². The van der Waals surface area contributed by atoms with Crippen molar-refractivity contribution < 1.29 is 0 Å².